The predicted molar refractivity (Wildman–Crippen MR) is 78.8 cm³/mol. The van der Waals surface area contributed by atoms with Crippen molar-refractivity contribution in [2.45, 2.75) is 19.9 Å². The van der Waals surface area contributed by atoms with Gasteiger partial charge >= 0.3 is 0 Å². The highest BCUT2D eigenvalue weighted by atomic mass is 35.5. The molecule has 0 fully saturated rings. The van der Waals surface area contributed by atoms with Crippen molar-refractivity contribution < 1.29 is 8.78 Å². The molecule has 106 valence electrons. The minimum atomic E-state index is -0.476. The molecule has 0 atom stereocenters. The van der Waals surface area contributed by atoms with Crippen LogP contribution in [0.15, 0.2) is 36.4 Å². The molecule has 20 heavy (non-hydrogen) atoms. The van der Waals surface area contributed by atoms with E-state index in [0.29, 0.717) is 23.2 Å². The first-order chi connectivity index (χ1) is 9.61. The Morgan fingerprint density at radius 1 is 1.00 bits per heavy atom. The Bertz CT molecular complexity index is 599. The molecule has 0 saturated carbocycles. The third kappa shape index (κ3) is 3.56. The lowest BCUT2D eigenvalue weighted by Crippen LogP contribution is -2.14. The summed E-state index contributed by atoms with van der Waals surface area (Å²) in [6, 6.07) is 9.38. The van der Waals surface area contributed by atoms with Crippen LogP contribution in [0, 0.1) is 11.6 Å². The maximum absolute atomic E-state index is 14.0. The van der Waals surface area contributed by atoms with E-state index in [4.69, 9.17) is 11.6 Å². The van der Waals surface area contributed by atoms with Crippen molar-refractivity contribution in [3.8, 4) is 11.1 Å². The molecule has 0 aliphatic rings. The number of hydrogen-bond acceptors (Lipinski definition) is 1. The lowest BCUT2D eigenvalue weighted by Gasteiger charge is -2.08. The Labute approximate surface area is 122 Å². The van der Waals surface area contributed by atoms with E-state index >= 15 is 0 Å². The second-order valence-corrected chi connectivity index (χ2v) is 5.02. The summed E-state index contributed by atoms with van der Waals surface area (Å²) in [5.74, 6) is -0.747. The Morgan fingerprint density at radius 3 is 2.35 bits per heavy atom. The number of hydrogen-bond donors (Lipinski definition) is 1. The van der Waals surface area contributed by atoms with Gasteiger partial charge in [-0.1, -0.05) is 36.7 Å². The van der Waals surface area contributed by atoms with E-state index in [1.54, 1.807) is 12.1 Å². The molecular formula is C16H16ClF2N. The van der Waals surface area contributed by atoms with Gasteiger partial charge in [0.15, 0.2) is 0 Å². The summed E-state index contributed by atoms with van der Waals surface area (Å²) in [5.41, 5.74) is 2.00. The average molecular weight is 296 g/mol. The van der Waals surface area contributed by atoms with Gasteiger partial charge in [-0.15, -0.1) is 0 Å². The summed E-state index contributed by atoms with van der Waals surface area (Å²) >= 11 is 5.74. The molecule has 0 aliphatic heterocycles. The summed E-state index contributed by atoms with van der Waals surface area (Å²) in [6.45, 7) is 3.42. The first kappa shape index (κ1) is 14.9. The molecule has 2 aromatic rings. The summed E-state index contributed by atoms with van der Waals surface area (Å²) in [5, 5.41) is 3.20. The van der Waals surface area contributed by atoms with Gasteiger partial charge in [-0.3, -0.25) is 0 Å². The Kier molecular flexibility index (Phi) is 5.10. The molecule has 0 amide bonds. The molecule has 0 heterocycles. The van der Waals surface area contributed by atoms with E-state index in [9.17, 15) is 8.78 Å². The number of nitrogens with one attached hydrogen (secondary N) is 1. The minimum Gasteiger partial charge on any atom is -0.313 e. The fourth-order valence-corrected chi connectivity index (χ4v) is 2.13. The zero-order valence-electron chi connectivity index (χ0n) is 11.2. The Hall–Kier alpha value is -1.45. The summed E-state index contributed by atoms with van der Waals surface area (Å²) in [6.07, 6.45) is 1.01. The zero-order chi connectivity index (χ0) is 14.5. The van der Waals surface area contributed by atoms with Crippen LogP contribution < -0.4 is 5.32 Å². The zero-order valence-corrected chi connectivity index (χ0v) is 12.0. The van der Waals surface area contributed by atoms with Gasteiger partial charge in [0.25, 0.3) is 0 Å². The molecule has 0 aromatic heterocycles. The van der Waals surface area contributed by atoms with E-state index in [1.807, 2.05) is 6.07 Å². The van der Waals surface area contributed by atoms with Crippen LogP contribution in [0.25, 0.3) is 11.1 Å². The van der Waals surface area contributed by atoms with Crippen LogP contribution >= 0.6 is 11.6 Å². The van der Waals surface area contributed by atoms with Crippen LogP contribution in [-0.2, 0) is 6.54 Å². The average Bonchev–Trinajstić information content (AvgIpc) is 2.44. The van der Waals surface area contributed by atoms with Crippen LogP contribution in [-0.4, -0.2) is 6.54 Å². The largest absolute Gasteiger partial charge is 0.313 e. The lowest BCUT2D eigenvalue weighted by atomic mass is 10.0. The van der Waals surface area contributed by atoms with Crippen LogP contribution in [0.1, 0.15) is 18.9 Å². The van der Waals surface area contributed by atoms with Crippen LogP contribution in [0.4, 0.5) is 8.78 Å². The quantitative estimate of drug-likeness (QED) is 0.782. The van der Waals surface area contributed by atoms with Gasteiger partial charge in [0.2, 0.25) is 0 Å². The normalized spacial score (nSPS) is 10.8. The van der Waals surface area contributed by atoms with Gasteiger partial charge in [0.05, 0.1) is 5.02 Å². The van der Waals surface area contributed by atoms with Crippen LogP contribution in [0.2, 0.25) is 5.02 Å². The fraction of sp³-hybridized carbons (Fsp3) is 0.250. The molecule has 0 unspecified atom stereocenters. The van der Waals surface area contributed by atoms with Gasteiger partial charge < -0.3 is 5.32 Å². The van der Waals surface area contributed by atoms with Gasteiger partial charge in [-0.05, 0) is 42.3 Å². The molecule has 0 spiro atoms. The Morgan fingerprint density at radius 2 is 1.70 bits per heavy atom. The predicted octanol–water partition coefficient (Wildman–Crippen LogP) is 4.78. The first-order valence-electron chi connectivity index (χ1n) is 6.56. The van der Waals surface area contributed by atoms with E-state index in [1.165, 1.54) is 18.2 Å². The molecule has 4 heteroatoms. The van der Waals surface area contributed by atoms with Gasteiger partial charge in [-0.2, -0.15) is 0 Å². The summed E-state index contributed by atoms with van der Waals surface area (Å²) in [4.78, 5) is 0. The smallest absolute Gasteiger partial charge is 0.141 e. The summed E-state index contributed by atoms with van der Waals surface area (Å²) < 4.78 is 27.1. The van der Waals surface area contributed by atoms with Crippen LogP contribution in [0.3, 0.4) is 0 Å². The third-order valence-electron chi connectivity index (χ3n) is 3.05. The second-order valence-electron chi connectivity index (χ2n) is 4.61. The molecule has 2 aromatic carbocycles. The van der Waals surface area contributed by atoms with Crippen LogP contribution in [0.5, 0.6) is 0 Å². The highest BCUT2D eigenvalue weighted by Gasteiger charge is 2.07. The number of benzene rings is 2. The van der Waals surface area contributed by atoms with Crippen molar-refractivity contribution >= 4 is 11.6 Å². The molecule has 0 radical (unpaired) electrons. The second kappa shape index (κ2) is 6.82. The molecule has 0 saturated heterocycles. The van der Waals surface area contributed by atoms with Crippen molar-refractivity contribution in [1.29, 1.82) is 0 Å². The first-order valence-corrected chi connectivity index (χ1v) is 6.94. The minimum absolute atomic E-state index is 0.0385. The molecule has 0 aliphatic carbocycles. The van der Waals surface area contributed by atoms with Crippen molar-refractivity contribution in [2.75, 3.05) is 6.54 Å². The maximum Gasteiger partial charge on any atom is 0.141 e. The van der Waals surface area contributed by atoms with Crippen molar-refractivity contribution in [2.24, 2.45) is 0 Å². The monoisotopic (exact) mass is 295 g/mol. The van der Waals surface area contributed by atoms with Crippen molar-refractivity contribution in [3.05, 3.63) is 58.6 Å². The lowest BCUT2D eigenvalue weighted by molar-refractivity contribution is 0.587. The van der Waals surface area contributed by atoms with Gasteiger partial charge in [0, 0.05) is 12.1 Å². The molecule has 0 bridgehead atoms. The molecular weight excluding hydrogens is 280 g/mol. The third-order valence-corrected chi connectivity index (χ3v) is 3.34. The number of halogens is 3. The van der Waals surface area contributed by atoms with Crippen molar-refractivity contribution in [3.63, 3.8) is 0 Å². The standard InChI is InChI=1S/C16H16ClF2N/c1-2-7-20-10-13-4-3-12(9-16(13)19)11-5-6-15(18)14(17)8-11/h3-6,8-9,20H,2,7,10H2,1H3. The van der Waals surface area contributed by atoms with Gasteiger partial charge in [0.1, 0.15) is 11.6 Å². The molecule has 1 N–H and O–H groups in total. The van der Waals surface area contributed by atoms with E-state index in [-0.39, 0.29) is 10.8 Å². The van der Waals surface area contributed by atoms with Gasteiger partial charge in [-0.25, -0.2) is 8.78 Å². The van der Waals surface area contributed by atoms with E-state index in [2.05, 4.69) is 12.2 Å². The topological polar surface area (TPSA) is 12.0 Å². The van der Waals surface area contributed by atoms with E-state index < -0.39 is 5.82 Å². The fourth-order valence-electron chi connectivity index (χ4n) is 1.95. The maximum atomic E-state index is 14.0. The highest BCUT2D eigenvalue weighted by molar-refractivity contribution is 6.31. The Balaban J connectivity index is 2.21. The highest BCUT2D eigenvalue weighted by Crippen LogP contribution is 2.26. The number of rotatable bonds is 5. The summed E-state index contributed by atoms with van der Waals surface area (Å²) in [7, 11) is 0. The van der Waals surface area contributed by atoms with E-state index in [0.717, 1.165) is 13.0 Å². The van der Waals surface area contributed by atoms with Crippen molar-refractivity contribution in [1.82, 2.24) is 5.32 Å². The molecule has 1 nitrogen and oxygen atoms in total. The molecule has 2 rings (SSSR count). The SMILES string of the molecule is CCCNCc1ccc(-c2ccc(F)c(Cl)c2)cc1F.